The minimum atomic E-state index is 0.00795. The summed E-state index contributed by atoms with van der Waals surface area (Å²) in [5.74, 6) is 1.75. The third-order valence-corrected chi connectivity index (χ3v) is 3.68. The Morgan fingerprint density at radius 1 is 1.26 bits per heavy atom. The summed E-state index contributed by atoms with van der Waals surface area (Å²) in [5.41, 5.74) is 1.25. The highest BCUT2D eigenvalue weighted by molar-refractivity contribution is 5.80. The fourth-order valence-corrected chi connectivity index (χ4v) is 2.37. The molecule has 2 rings (SSSR count). The number of carbonyl (C=O) groups excluding carboxylic acids is 1. The van der Waals surface area contributed by atoms with Gasteiger partial charge in [-0.3, -0.25) is 9.79 Å². The topological polar surface area (TPSA) is 74.8 Å². The Balaban J connectivity index is 1.65. The monoisotopic (exact) mass is 318 g/mol. The Morgan fingerprint density at radius 2 is 2.00 bits per heavy atom. The van der Waals surface area contributed by atoms with Crippen molar-refractivity contribution >= 4 is 11.9 Å². The van der Waals surface area contributed by atoms with Crippen LogP contribution in [0.4, 0.5) is 0 Å². The minimum Gasteiger partial charge on any atom is -0.488 e. The number of rotatable bonds is 6. The van der Waals surface area contributed by atoms with Gasteiger partial charge in [-0.2, -0.15) is 0 Å². The zero-order valence-electron chi connectivity index (χ0n) is 14.1. The second-order valence-electron chi connectivity index (χ2n) is 5.88. The van der Waals surface area contributed by atoms with Crippen molar-refractivity contribution in [2.45, 2.75) is 26.4 Å². The highest BCUT2D eigenvalue weighted by Gasteiger charge is 2.22. The molecule has 1 aliphatic heterocycles. The van der Waals surface area contributed by atoms with Gasteiger partial charge in [0.05, 0.1) is 6.54 Å². The average Bonchev–Trinajstić information content (AvgIpc) is 2.96. The van der Waals surface area contributed by atoms with Gasteiger partial charge >= 0.3 is 0 Å². The molecule has 6 heteroatoms. The van der Waals surface area contributed by atoms with Gasteiger partial charge in [-0.15, -0.1) is 0 Å². The number of nitrogens with zero attached hydrogens (tertiary/aromatic N) is 1. The van der Waals surface area contributed by atoms with E-state index in [9.17, 15) is 4.79 Å². The largest absolute Gasteiger partial charge is 0.488 e. The van der Waals surface area contributed by atoms with Crippen LogP contribution in [-0.4, -0.2) is 44.7 Å². The van der Waals surface area contributed by atoms with Crippen molar-refractivity contribution in [1.82, 2.24) is 16.0 Å². The number of amides is 1. The first kappa shape index (κ1) is 17.1. The number of hydrogen-bond donors (Lipinski definition) is 3. The SMILES string of the molecule is CN=C(NCCNC(=O)C(C)C)NCC1Cc2ccccc2O1. The highest BCUT2D eigenvalue weighted by Crippen LogP contribution is 2.27. The molecule has 1 atom stereocenters. The molecule has 0 saturated heterocycles. The van der Waals surface area contributed by atoms with Crippen LogP contribution in [0.25, 0.3) is 0 Å². The molecule has 126 valence electrons. The van der Waals surface area contributed by atoms with Crippen molar-refractivity contribution in [3.8, 4) is 5.75 Å². The fourth-order valence-electron chi connectivity index (χ4n) is 2.37. The van der Waals surface area contributed by atoms with Crippen molar-refractivity contribution in [3.63, 3.8) is 0 Å². The fraction of sp³-hybridized carbons (Fsp3) is 0.529. The van der Waals surface area contributed by atoms with E-state index in [-0.39, 0.29) is 17.9 Å². The molecule has 3 N–H and O–H groups in total. The van der Waals surface area contributed by atoms with Gasteiger partial charge in [-0.25, -0.2) is 0 Å². The van der Waals surface area contributed by atoms with Crippen molar-refractivity contribution < 1.29 is 9.53 Å². The van der Waals surface area contributed by atoms with E-state index in [1.807, 2.05) is 32.0 Å². The maximum absolute atomic E-state index is 11.5. The van der Waals surface area contributed by atoms with Crippen LogP contribution in [0.15, 0.2) is 29.3 Å². The summed E-state index contributed by atoms with van der Waals surface area (Å²) in [6, 6.07) is 8.12. The summed E-state index contributed by atoms with van der Waals surface area (Å²) in [6.45, 7) is 5.64. The molecule has 0 fully saturated rings. The number of para-hydroxylation sites is 1. The van der Waals surface area contributed by atoms with E-state index in [0.29, 0.717) is 25.6 Å². The number of aliphatic imine (C=N–C) groups is 1. The molecule has 0 bridgehead atoms. The first-order valence-corrected chi connectivity index (χ1v) is 8.07. The number of nitrogens with one attached hydrogen (secondary N) is 3. The molecule has 1 amide bonds. The standard InChI is InChI=1S/C17H26N4O2/c1-12(2)16(22)19-8-9-20-17(18-3)21-11-14-10-13-6-4-5-7-15(13)23-14/h4-7,12,14H,8-11H2,1-3H3,(H,19,22)(H2,18,20,21). The summed E-state index contributed by atoms with van der Waals surface area (Å²) in [6.07, 6.45) is 1.02. The molecule has 0 aromatic heterocycles. The van der Waals surface area contributed by atoms with Crippen molar-refractivity contribution in [2.24, 2.45) is 10.9 Å². The van der Waals surface area contributed by atoms with E-state index in [2.05, 4.69) is 27.0 Å². The van der Waals surface area contributed by atoms with Gasteiger partial charge in [0.25, 0.3) is 0 Å². The van der Waals surface area contributed by atoms with Crippen molar-refractivity contribution in [3.05, 3.63) is 29.8 Å². The third-order valence-electron chi connectivity index (χ3n) is 3.68. The summed E-state index contributed by atoms with van der Waals surface area (Å²) in [5, 5.41) is 9.30. The van der Waals surface area contributed by atoms with Crippen LogP contribution >= 0.6 is 0 Å². The van der Waals surface area contributed by atoms with Crippen LogP contribution in [0.5, 0.6) is 5.75 Å². The molecule has 1 aromatic rings. The number of hydrogen-bond acceptors (Lipinski definition) is 3. The van der Waals surface area contributed by atoms with Gasteiger partial charge in [0, 0.05) is 32.5 Å². The molecule has 0 spiro atoms. The van der Waals surface area contributed by atoms with Crippen LogP contribution in [0.3, 0.4) is 0 Å². The number of benzene rings is 1. The van der Waals surface area contributed by atoms with E-state index in [0.717, 1.165) is 12.2 Å². The zero-order chi connectivity index (χ0) is 16.7. The van der Waals surface area contributed by atoms with E-state index < -0.39 is 0 Å². The Hall–Kier alpha value is -2.24. The molecule has 6 nitrogen and oxygen atoms in total. The summed E-state index contributed by atoms with van der Waals surface area (Å²) in [7, 11) is 1.73. The lowest BCUT2D eigenvalue weighted by Gasteiger charge is -2.16. The lowest BCUT2D eigenvalue weighted by atomic mass is 10.1. The first-order chi connectivity index (χ1) is 11.1. The number of carbonyl (C=O) groups is 1. The predicted octanol–water partition coefficient (Wildman–Crippen LogP) is 0.927. The Morgan fingerprint density at radius 3 is 2.70 bits per heavy atom. The second kappa shape index (κ2) is 8.41. The third kappa shape index (κ3) is 5.16. The number of guanidine groups is 1. The van der Waals surface area contributed by atoms with Gasteiger partial charge in [0.1, 0.15) is 11.9 Å². The Labute approximate surface area is 137 Å². The minimum absolute atomic E-state index is 0.00795. The molecule has 0 radical (unpaired) electrons. The van der Waals surface area contributed by atoms with Gasteiger partial charge in [0.2, 0.25) is 5.91 Å². The van der Waals surface area contributed by atoms with Crippen LogP contribution in [0.1, 0.15) is 19.4 Å². The van der Waals surface area contributed by atoms with Crippen molar-refractivity contribution in [2.75, 3.05) is 26.7 Å². The van der Waals surface area contributed by atoms with E-state index >= 15 is 0 Å². The maximum atomic E-state index is 11.5. The van der Waals surface area contributed by atoms with Crippen LogP contribution in [0, 0.1) is 5.92 Å². The van der Waals surface area contributed by atoms with Crippen LogP contribution in [0.2, 0.25) is 0 Å². The Kier molecular flexibility index (Phi) is 6.26. The molecule has 1 aliphatic rings. The molecular formula is C17H26N4O2. The average molecular weight is 318 g/mol. The molecule has 0 saturated carbocycles. The Bertz CT molecular complexity index is 532. The molecule has 1 unspecified atom stereocenters. The number of fused-ring (bicyclic) bond motifs is 1. The van der Waals surface area contributed by atoms with Gasteiger partial charge in [0.15, 0.2) is 5.96 Å². The van der Waals surface area contributed by atoms with Gasteiger partial charge < -0.3 is 20.7 Å². The lowest BCUT2D eigenvalue weighted by molar-refractivity contribution is -0.123. The van der Waals surface area contributed by atoms with Gasteiger partial charge in [-0.1, -0.05) is 32.0 Å². The summed E-state index contributed by atoms with van der Waals surface area (Å²) in [4.78, 5) is 15.6. The van der Waals surface area contributed by atoms with Crippen molar-refractivity contribution in [1.29, 1.82) is 0 Å². The van der Waals surface area contributed by atoms with Crippen LogP contribution in [-0.2, 0) is 11.2 Å². The summed E-state index contributed by atoms with van der Waals surface area (Å²) >= 11 is 0. The number of ether oxygens (including phenoxy) is 1. The van der Waals surface area contributed by atoms with E-state index in [1.165, 1.54) is 5.56 Å². The molecule has 1 heterocycles. The summed E-state index contributed by atoms with van der Waals surface area (Å²) < 4.78 is 5.88. The second-order valence-corrected chi connectivity index (χ2v) is 5.88. The van der Waals surface area contributed by atoms with E-state index in [4.69, 9.17) is 4.74 Å². The highest BCUT2D eigenvalue weighted by atomic mass is 16.5. The molecule has 0 aliphatic carbocycles. The zero-order valence-corrected chi connectivity index (χ0v) is 14.1. The molecular weight excluding hydrogens is 292 g/mol. The van der Waals surface area contributed by atoms with Gasteiger partial charge in [-0.05, 0) is 11.6 Å². The smallest absolute Gasteiger partial charge is 0.222 e. The maximum Gasteiger partial charge on any atom is 0.222 e. The quantitative estimate of drug-likeness (QED) is 0.414. The lowest BCUT2D eigenvalue weighted by Crippen LogP contribution is -2.45. The molecule has 1 aromatic carbocycles. The molecule has 23 heavy (non-hydrogen) atoms. The predicted molar refractivity (Wildman–Crippen MR) is 91.8 cm³/mol. The van der Waals surface area contributed by atoms with Crippen LogP contribution < -0.4 is 20.7 Å². The first-order valence-electron chi connectivity index (χ1n) is 8.07. The van der Waals surface area contributed by atoms with E-state index in [1.54, 1.807) is 7.05 Å². The normalized spacial score (nSPS) is 16.7.